The number of aryl methyl sites for hydroxylation is 1. The number of carbonyl (C=O) groups is 2. The van der Waals surface area contributed by atoms with Crippen molar-refractivity contribution in [3.63, 3.8) is 0 Å². The van der Waals surface area contributed by atoms with E-state index in [1.54, 1.807) is 18.2 Å². The zero-order valence-corrected chi connectivity index (χ0v) is 21.2. The molecule has 5 rings (SSSR count). The summed E-state index contributed by atoms with van der Waals surface area (Å²) in [6.07, 6.45) is 6.42. The number of likely N-dealkylation sites (N-methyl/N-ethyl adjacent to an activating group) is 1. The van der Waals surface area contributed by atoms with Crippen LogP contribution >= 0.6 is 0 Å². The largest absolute Gasteiger partial charge is 0.348 e. The second-order valence-electron chi connectivity index (χ2n) is 10.2. The average Bonchev–Trinajstić information content (AvgIpc) is 3.13. The van der Waals surface area contributed by atoms with Gasteiger partial charge in [-0.05, 0) is 80.3 Å². The highest BCUT2D eigenvalue weighted by Crippen LogP contribution is 2.38. The Kier molecular flexibility index (Phi) is 6.44. The number of hydrogen-bond donors (Lipinski definition) is 1. The van der Waals surface area contributed by atoms with Crippen molar-refractivity contribution in [3.8, 4) is 0 Å². The summed E-state index contributed by atoms with van der Waals surface area (Å²) >= 11 is 0. The first kappa shape index (κ1) is 24.0. The number of nitrogens with zero attached hydrogens (tertiary/aromatic N) is 2. The third-order valence-electron chi connectivity index (χ3n) is 7.74. The summed E-state index contributed by atoms with van der Waals surface area (Å²) in [4.78, 5) is 27.7. The number of fused-ring (bicyclic) bond motifs is 2. The second-order valence-corrected chi connectivity index (χ2v) is 12.2. The van der Waals surface area contributed by atoms with Crippen LogP contribution in [0.25, 0.3) is 0 Å². The van der Waals surface area contributed by atoms with Gasteiger partial charge in [-0.15, -0.1) is 0 Å². The van der Waals surface area contributed by atoms with Gasteiger partial charge in [0, 0.05) is 24.7 Å². The van der Waals surface area contributed by atoms with Crippen molar-refractivity contribution in [2.24, 2.45) is 5.92 Å². The molecule has 2 amide bonds. The van der Waals surface area contributed by atoms with Crippen molar-refractivity contribution in [1.82, 2.24) is 9.62 Å². The van der Waals surface area contributed by atoms with Gasteiger partial charge in [0.15, 0.2) is 0 Å². The van der Waals surface area contributed by atoms with Gasteiger partial charge in [-0.1, -0.05) is 30.7 Å². The van der Waals surface area contributed by atoms with Crippen LogP contribution in [0.15, 0.2) is 47.4 Å². The minimum absolute atomic E-state index is 0.0120. The molecule has 3 aliphatic rings. The highest BCUT2D eigenvalue weighted by Gasteiger charge is 2.38. The van der Waals surface area contributed by atoms with Gasteiger partial charge in [0.25, 0.3) is 0 Å². The van der Waals surface area contributed by atoms with E-state index in [0.29, 0.717) is 6.42 Å². The molecule has 0 spiro atoms. The topological polar surface area (TPSA) is 86.8 Å². The second kappa shape index (κ2) is 9.39. The molecule has 2 aromatic rings. The summed E-state index contributed by atoms with van der Waals surface area (Å²) in [5.74, 6) is -0.0754. The van der Waals surface area contributed by atoms with Crippen molar-refractivity contribution >= 4 is 27.5 Å². The van der Waals surface area contributed by atoms with E-state index in [2.05, 4.69) is 11.4 Å². The van der Waals surface area contributed by atoms with E-state index in [9.17, 15) is 18.0 Å². The van der Waals surface area contributed by atoms with Crippen molar-refractivity contribution < 1.29 is 18.0 Å². The molecule has 0 aromatic heterocycles. The van der Waals surface area contributed by atoms with E-state index >= 15 is 0 Å². The summed E-state index contributed by atoms with van der Waals surface area (Å²) in [5, 5.41) is 3.03. The van der Waals surface area contributed by atoms with E-state index in [0.717, 1.165) is 59.6 Å². The van der Waals surface area contributed by atoms with Gasteiger partial charge in [-0.3, -0.25) is 9.59 Å². The lowest BCUT2D eigenvalue weighted by atomic mass is 9.84. The first-order chi connectivity index (χ1) is 16.8. The minimum atomic E-state index is -3.85. The number of amides is 2. The van der Waals surface area contributed by atoms with Gasteiger partial charge in [-0.25, -0.2) is 8.42 Å². The van der Waals surface area contributed by atoms with Crippen LogP contribution in [0.3, 0.4) is 0 Å². The molecule has 1 heterocycles. The highest BCUT2D eigenvalue weighted by atomic mass is 32.2. The SMILES string of the molecule is C[C@H]1Cc2cc(S(=O)(=O)N(C)CC(=O)N[C@@H]3CCCc4ccccc43)ccc2N1C(=O)C1CCC1. The number of carbonyl (C=O) groups excluding carboxylic acids is 2. The van der Waals surface area contributed by atoms with Gasteiger partial charge in [0.2, 0.25) is 21.8 Å². The van der Waals surface area contributed by atoms with Crippen LogP contribution < -0.4 is 10.2 Å². The van der Waals surface area contributed by atoms with Crippen molar-refractivity contribution in [3.05, 3.63) is 59.2 Å². The first-order valence-corrected chi connectivity index (χ1v) is 14.0. The predicted molar refractivity (Wildman–Crippen MR) is 135 cm³/mol. The maximum Gasteiger partial charge on any atom is 0.243 e. The molecule has 2 aromatic carbocycles. The Morgan fingerprint density at radius 2 is 1.83 bits per heavy atom. The molecule has 0 saturated heterocycles. The Bertz CT molecular complexity index is 1250. The molecule has 35 heavy (non-hydrogen) atoms. The molecule has 1 aliphatic heterocycles. The van der Waals surface area contributed by atoms with Gasteiger partial charge < -0.3 is 10.2 Å². The summed E-state index contributed by atoms with van der Waals surface area (Å²) in [6, 6.07) is 13.0. The van der Waals surface area contributed by atoms with Crippen LogP contribution in [0, 0.1) is 5.92 Å². The van der Waals surface area contributed by atoms with Gasteiger partial charge in [-0.2, -0.15) is 4.31 Å². The van der Waals surface area contributed by atoms with Crippen LogP contribution in [0.2, 0.25) is 0 Å². The Hall–Kier alpha value is -2.71. The molecule has 2 atom stereocenters. The molecule has 7 nitrogen and oxygen atoms in total. The van der Waals surface area contributed by atoms with Gasteiger partial charge >= 0.3 is 0 Å². The fourth-order valence-corrected chi connectivity index (χ4v) is 6.74. The van der Waals surface area contributed by atoms with Crippen LogP contribution in [-0.2, 0) is 32.5 Å². The summed E-state index contributed by atoms with van der Waals surface area (Å²) in [5.41, 5.74) is 4.03. The maximum absolute atomic E-state index is 13.3. The highest BCUT2D eigenvalue weighted by molar-refractivity contribution is 7.89. The van der Waals surface area contributed by atoms with Crippen molar-refractivity contribution in [2.45, 2.75) is 68.8 Å². The van der Waals surface area contributed by atoms with E-state index in [-0.39, 0.29) is 41.3 Å². The minimum Gasteiger partial charge on any atom is -0.348 e. The number of anilines is 1. The lowest BCUT2D eigenvalue weighted by Gasteiger charge is -2.32. The Balaban J connectivity index is 1.28. The monoisotopic (exact) mass is 495 g/mol. The van der Waals surface area contributed by atoms with E-state index < -0.39 is 10.0 Å². The first-order valence-electron chi connectivity index (χ1n) is 12.5. The lowest BCUT2D eigenvalue weighted by Crippen LogP contribution is -2.42. The third-order valence-corrected chi connectivity index (χ3v) is 9.54. The Labute approximate surface area is 207 Å². The molecular weight excluding hydrogens is 462 g/mol. The van der Waals surface area contributed by atoms with Gasteiger partial charge in [0.1, 0.15) is 0 Å². The fourth-order valence-electron chi connectivity index (χ4n) is 5.57. The quantitative estimate of drug-likeness (QED) is 0.664. The smallest absolute Gasteiger partial charge is 0.243 e. The van der Waals surface area contributed by atoms with Crippen LogP contribution in [0.1, 0.15) is 61.8 Å². The summed E-state index contributed by atoms with van der Waals surface area (Å²) in [7, 11) is -2.42. The molecule has 1 saturated carbocycles. The summed E-state index contributed by atoms with van der Waals surface area (Å²) in [6.45, 7) is 1.76. The Morgan fingerprint density at radius 3 is 2.57 bits per heavy atom. The zero-order chi connectivity index (χ0) is 24.7. The normalized spacial score (nSPS) is 21.9. The molecule has 1 N–H and O–H groups in total. The number of hydrogen-bond acceptors (Lipinski definition) is 4. The van der Waals surface area contributed by atoms with Gasteiger partial charge in [0.05, 0.1) is 17.5 Å². The molecule has 1 fully saturated rings. The third kappa shape index (κ3) is 4.49. The number of rotatable bonds is 6. The molecule has 0 unspecified atom stereocenters. The van der Waals surface area contributed by atoms with Crippen LogP contribution in [0.5, 0.6) is 0 Å². The Morgan fingerprint density at radius 1 is 1.06 bits per heavy atom. The molecule has 0 bridgehead atoms. The average molecular weight is 496 g/mol. The fraction of sp³-hybridized carbons (Fsp3) is 0.481. The maximum atomic E-state index is 13.3. The molecule has 2 aliphatic carbocycles. The van der Waals surface area contributed by atoms with Crippen LogP contribution in [0.4, 0.5) is 5.69 Å². The molecule has 0 radical (unpaired) electrons. The molecule has 8 heteroatoms. The van der Waals surface area contributed by atoms with E-state index in [4.69, 9.17) is 0 Å². The van der Waals surface area contributed by atoms with Crippen molar-refractivity contribution in [2.75, 3.05) is 18.5 Å². The van der Waals surface area contributed by atoms with Crippen molar-refractivity contribution in [1.29, 1.82) is 0 Å². The number of nitrogens with one attached hydrogen (secondary N) is 1. The number of benzene rings is 2. The van der Waals surface area contributed by atoms with Crippen LogP contribution in [-0.4, -0.2) is 44.2 Å². The van der Waals surface area contributed by atoms with E-state index in [1.807, 2.05) is 30.0 Å². The zero-order valence-electron chi connectivity index (χ0n) is 20.4. The molecular formula is C27H33N3O4S. The molecule has 186 valence electrons. The summed E-state index contributed by atoms with van der Waals surface area (Å²) < 4.78 is 27.7. The standard InChI is InChI=1S/C27H33N3O4S/c1-18-15-21-16-22(13-14-25(21)30(18)27(32)20-9-5-10-20)35(33,34)29(2)17-26(31)28-24-12-6-8-19-7-3-4-11-23(19)24/h3-4,7,11,13-14,16,18,20,24H,5-6,8-10,12,15,17H2,1-2H3,(H,28,31)/t18-,24+/m0/s1. The lowest BCUT2D eigenvalue weighted by molar-refractivity contribution is -0.125. The number of sulfonamides is 1. The predicted octanol–water partition coefficient (Wildman–Crippen LogP) is 3.58. The van der Waals surface area contributed by atoms with E-state index in [1.165, 1.54) is 12.6 Å².